The molecular weight excluding hydrogens is 346 g/mol. The Kier molecular flexibility index (Phi) is 4.18. The standard InChI is InChI=1S/C19H21N5O3/c1-20-18(27)15-16(26)14(25)11-23(22-15)12-19(7-2-3-8-19)24-10-6-13-5-4-9-21-17(13)24/h4-6,9-11,25H,2-3,7-8,12H2,1H3,(H,20,27). The molecule has 0 spiro atoms. The van der Waals surface area contributed by atoms with E-state index in [4.69, 9.17) is 0 Å². The molecule has 1 amide bonds. The lowest BCUT2D eigenvalue weighted by Crippen LogP contribution is -2.37. The summed E-state index contributed by atoms with van der Waals surface area (Å²) >= 11 is 0. The summed E-state index contributed by atoms with van der Waals surface area (Å²) in [5.41, 5.74) is -0.443. The summed E-state index contributed by atoms with van der Waals surface area (Å²) in [6.07, 6.45) is 9.10. The Balaban J connectivity index is 1.80. The molecule has 0 radical (unpaired) electrons. The van der Waals surface area contributed by atoms with Gasteiger partial charge in [0.2, 0.25) is 0 Å². The number of rotatable bonds is 4. The minimum Gasteiger partial charge on any atom is -0.503 e. The molecule has 0 atom stereocenters. The molecule has 1 aliphatic carbocycles. The van der Waals surface area contributed by atoms with Crippen molar-refractivity contribution in [1.82, 2.24) is 24.6 Å². The van der Waals surface area contributed by atoms with Gasteiger partial charge in [0.25, 0.3) is 11.3 Å². The average molecular weight is 367 g/mol. The van der Waals surface area contributed by atoms with Crippen molar-refractivity contribution in [2.24, 2.45) is 0 Å². The summed E-state index contributed by atoms with van der Waals surface area (Å²) in [6, 6.07) is 5.97. The number of pyridine rings is 1. The maximum absolute atomic E-state index is 12.0. The molecule has 4 rings (SSSR count). The fourth-order valence-electron chi connectivity index (χ4n) is 4.03. The summed E-state index contributed by atoms with van der Waals surface area (Å²) in [5.74, 6) is -1.09. The zero-order valence-corrected chi connectivity index (χ0v) is 15.1. The van der Waals surface area contributed by atoms with Crippen molar-refractivity contribution < 1.29 is 9.90 Å². The van der Waals surface area contributed by atoms with Gasteiger partial charge >= 0.3 is 0 Å². The smallest absolute Gasteiger partial charge is 0.275 e. The van der Waals surface area contributed by atoms with E-state index in [1.807, 2.05) is 24.4 Å². The molecule has 1 fully saturated rings. The Labute approximate surface area is 155 Å². The third-order valence-electron chi connectivity index (χ3n) is 5.34. The number of carbonyl (C=O) groups is 1. The van der Waals surface area contributed by atoms with Gasteiger partial charge in [0.05, 0.1) is 18.3 Å². The molecule has 0 aliphatic heterocycles. The van der Waals surface area contributed by atoms with Crippen LogP contribution in [-0.2, 0) is 12.1 Å². The van der Waals surface area contributed by atoms with Crippen molar-refractivity contribution in [3.8, 4) is 5.75 Å². The SMILES string of the molecule is CNC(=O)c1nn(CC2(n3ccc4cccnc43)CCCC2)cc(O)c1=O. The fourth-order valence-corrected chi connectivity index (χ4v) is 4.03. The maximum Gasteiger partial charge on any atom is 0.275 e. The third-order valence-corrected chi connectivity index (χ3v) is 5.34. The van der Waals surface area contributed by atoms with Crippen molar-refractivity contribution in [2.75, 3.05) is 7.05 Å². The number of nitrogens with one attached hydrogen (secondary N) is 1. The quantitative estimate of drug-likeness (QED) is 0.730. The first-order valence-corrected chi connectivity index (χ1v) is 8.99. The van der Waals surface area contributed by atoms with Gasteiger partial charge in [0.15, 0.2) is 11.4 Å². The Morgan fingerprint density at radius 1 is 1.33 bits per heavy atom. The zero-order valence-electron chi connectivity index (χ0n) is 15.1. The van der Waals surface area contributed by atoms with Crippen LogP contribution in [0.5, 0.6) is 5.75 Å². The van der Waals surface area contributed by atoms with Gasteiger partial charge in [-0.2, -0.15) is 5.10 Å². The number of amides is 1. The molecule has 140 valence electrons. The van der Waals surface area contributed by atoms with Crippen LogP contribution in [0.15, 0.2) is 41.6 Å². The zero-order chi connectivity index (χ0) is 19.0. The summed E-state index contributed by atoms with van der Waals surface area (Å²) in [5, 5.41) is 17.7. The van der Waals surface area contributed by atoms with Gasteiger partial charge in [-0.1, -0.05) is 12.8 Å². The molecule has 1 saturated carbocycles. The summed E-state index contributed by atoms with van der Waals surface area (Å²) in [6.45, 7) is 0.436. The molecule has 27 heavy (non-hydrogen) atoms. The first-order valence-electron chi connectivity index (χ1n) is 8.99. The second-order valence-corrected chi connectivity index (χ2v) is 7.00. The van der Waals surface area contributed by atoms with Crippen LogP contribution >= 0.6 is 0 Å². The second kappa shape index (κ2) is 6.53. The molecule has 0 saturated heterocycles. The van der Waals surface area contributed by atoms with Gasteiger partial charge < -0.3 is 15.0 Å². The Hall–Kier alpha value is -3.16. The lowest BCUT2D eigenvalue weighted by molar-refractivity contribution is 0.0952. The molecule has 8 heteroatoms. The van der Waals surface area contributed by atoms with Crippen LogP contribution in [0.25, 0.3) is 11.0 Å². The van der Waals surface area contributed by atoms with Crippen LogP contribution < -0.4 is 10.7 Å². The maximum atomic E-state index is 12.0. The Bertz CT molecular complexity index is 1060. The van der Waals surface area contributed by atoms with E-state index < -0.39 is 17.1 Å². The highest BCUT2D eigenvalue weighted by atomic mass is 16.3. The third kappa shape index (κ3) is 2.87. The molecule has 0 bridgehead atoms. The topological polar surface area (TPSA) is 102 Å². The van der Waals surface area contributed by atoms with Gasteiger partial charge in [-0.25, -0.2) is 4.98 Å². The van der Waals surface area contributed by atoms with Gasteiger partial charge in [0, 0.05) is 24.8 Å². The van der Waals surface area contributed by atoms with Crippen LogP contribution in [-0.4, -0.2) is 37.4 Å². The minimum atomic E-state index is -0.765. The summed E-state index contributed by atoms with van der Waals surface area (Å²) < 4.78 is 3.67. The highest BCUT2D eigenvalue weighted by Gasteiger charge is 2.37. The van der Waals surface area contributed by atoms with Crippen LogP contribution in [0.3, 0.4) is 0 Å². The highest BCUT2D eigenvalue weighted by molar-refractivity contribution is 5.92. The molecular formula is C19H21N5O3. The number of fused-ring (bicyclic) bond motifs is 1. The van der Waals surface area contributed by atoms with E-state index in [9.17, 15) is 14.7 Å². The van der Waals surface area contributed by atoms with Crippen molar-refractivity contribution in [2.45, 2.75) is 37.8 Å². The lowest BCUT2D eigenvalue weighted by atomic mass is 9.97. The molecule has 0 aromatic carbocycles. The molecule has 3 heterocycles. The van der Waals surface area contributed by atoms with Gasteiger partial charge in [0.1, 0.15) is 5.65 Å². The number of aromatic nitrogens is 4. The lowest BCUT2D eigenvalue weighted by Gasteiger charge is -2.32. The van der Waals surface area contributed by atoms with Crippen LogP contribution in [0.2, 0.25) is 0 Å². The van der Waals surface area contributed by atoms with Gasteiger partial charge in [-0.15, -0.1) is 0 Å². The number of nitrogens with zero attached hydrogens (tertiary/aromatic N) is 4. The highest BCUT2D eigenvalue weighted by Crippen LogP contribution is 2.40. The molecule has 1 aliphatic rings. The number of carbonyl (C=O) groups excluding carboxylic acids is 1. The summed E-state index contributed by atoms with van der Waals surface area (Å²) in [4.78, 5) is 28.5. The van der Waals surface area contributed by atoms with Crippen LogP contribution in [0.1, 0.15) is 36.2 Å². The van der Waals surface area contributed by atoms with E-state index in [2.05, 4.69) is 20.0 Å². The fraction of sp³-hybridized carbons (Fsp3) is 0.368. The molecule has 2 N–H and O–H groups in total. The van der Waals surface area contributed by atoms with Crippen LogP contribution in [0, 0.1) is 0 Å². The van der Waals surface area contributed by atoms with E-state index in [0.29, 0.717) is 6.54 Å². The van der Waals surface area contributed by atoms with Crippen molar-refractivity contribution in [1.29, 1.82) is 0 Å². The average Bonchev–Trinajstić information content (AvgIpc) is 3.31. The van der Waals surface area contributed by atoms with Crippen LogP contribution in [0.4, 0.5) is 0 Å². The van der Waals surface area contributed by atoms with Crippen molar-refractivity contribution in [3.63, 3.8) is 0 Å². The van der Waals surface area contributed by atoms with Crippen molar-refractivity contribution in [3.05, 3.63) is 52.7 Å². The molecule has 3 aromatic rings. The van der Waals surface area contributed by atoms with E-state index in [1.54, 1.807) is 6.20 Å². The Morgan fingerprint density at radius 3 is 2.85 bits per heavy atom. The summed E-state index contributed by atoms with van der Waals surface area (Å²) in [7, 11) is 1.42. The normalized spacial score (nSPS) is 15.9. The van der Waals surface area contributed by atoms with Crippen molar-refractivity contribution >= 4 is 16.9 Å². The van der Waals surface area contributed by atoms with Gasteiger partial charge in [-0.05, 0) is 31.0 Å². The minimum absolute atomic E-state index is 0.273. The molecule has 0 unspecified atom stereocenters. The first-order chi connectivity index (χ1) is 13.0. The van der Waals surface area contributed by atoms with E-state index >= 15 is 0 Å². The Morgan fingerprint density at radius 2 is 2.11 bits per heavy atom. The van der Waals surface area contributed by atoms with E-state index in [-0.39, 0.29) is 11.2 Å². The number of hydrogen-bond acceptors (Lipinski definition) is 5. The molecule has 8 nitrogen and oxygen atoms in total. The monoisotopic (exact) mass is 367 g/mol. The predicted molar refractivity (Wildman–Crippen MR) is 99.7 cm³/mol. The first kappa shape index (κ1) is 17.3. The van der Waals surface area contributed by atoms with E-state index in [0.717, 1.165) is 36.7 Å². The second-order valence-electron chi connectivity index (χ2n) is 7.00. The largest absolute Gasteiger partial charge is 0.503 e. The van der Waals surface area contributed by atoms with Gasteiger partial charge in [-0.3, -0.25) is 14.3 Å². The predicted octanol–water partition coefficient (Wildman–Crippen LogP) is 1.63. The number of hydrogen-bond donors (Lipinski definition) is 2. The molecule has 3 aromatic heterocycles. The van der Waals surface area contributed by atoms with E-state index in [1.165, 1.54) is 17.9 Å². The number of aromatic hydroxyl groups is 1.